The number of aliphatic hydroxyl groups is 7. The van der Waals surface area contributed by atoms with Crippen LogP contribution in [0.2, 0.25) is 0 Å². The zero-order chi connectivity index (χ0) is 51.0. The van der Waals surface area contributed by atoms with Crippen LogP contribution in [0.3, 0.4) is 0 Å². The number of hydrogen-bond donors (Lipinski definition) is 7. The van der Waals surface area contributed by atoms with Gasteiger partial charge in [0.2, 0.25) is 0 Å². The molecule has 2 aliphatic rings. The van der Waals surface area contributed by atoms with Crippen LogP contribution in [0.5, 0.6) is 0 Å². The monoisotopic (exact) mass is 997 g/mol. The molecule has 2 saturated heterocycles. The molecule has 7 N–H and O–H groups in total. The molecule has 0 spiro atoms. The van der Waals surface area contributed by atoms with E-state index < -0.39 is 92.7 Å². The van der Waals surface area contributed by atoms with Gasteiger partial charge in [-0.1, -0.05) is 152 Å². The molecular weight excluding hydrogens is 901 g/mol. The summed E-state index contributed by atoms with van der Waals surface area (Å²) in [4.78, 5) is 25.8. The summed E-state index contributed by atoms with van der Waals surface area (Å²) < 4.78 is 33.6. The van der Waals surface area contributed by atoms with Crippen LogP contribution in [0.25, 0.3) is 0 Å². The number of ether oxygens (including phenoxy) is 6. The standard InChI is InChI=1S/C55H96O15/c1-3-5-7-9-11-13-15-17-19-21-23-25-27-29-31-33-35-37-46(57)65-40-43(68-47(58)38-36-34-32-30-28-26-24-22-20-18-16-14-12-10-8-6-4-2)41-66-54-53(64)51(62)49(60)45(70-54)42-67-55-52(63)50(61)48(59)44(39-56)69-55/h11-14,17-20,43-45,48-56,59-64H,3-10,15-16,21-42H2,1-2H3/b13-11+,14-12+,19-17+,20-18+/t43-,44+,45+,48-,49-,50?,51?,52?,53?,54+,55+/m0/s1. The van der Waals surface area contributed by atoms with Crippen LogP contribution in [0.1, 0.15) is 194 Å². The van der Waals surface area contributed by atoms with E-state index in [4.69, 9.17) is 28.4 Å². The van der Waals surface area contributed by atoms with E-state index in [2.05, 4.69) is 62.5 Å². The number of unbranched alkanes of at least 4 members (excludes halogenated alkanes) is 20. The lowest BCUT2D eigenvalue weighted by molar-refractivity contribution is -0.332. The Morgan fingerprint density at radius 3 is 1.33 bits per heavy atom. The van der Waals surface area contributed by atoms with E-state index in [1.807, 2.05) is 0 Å². The van der Waals surface area contributed by atoms with Crippen molar-refractivity contribution in [2.45, 2.75) is 261 Å². The first kappa shape index (κ1) is 63.6. The maximum atomic E-state index is 13.0. The highest BCUT2D eigenvalue weighted by Gasteiger charge is 2.47. The fraction of sp³-hybridized carbons (Fsp3) is 0.818. The summed E-state index contributed by atoms with van der Waals surface area (Å²) in [5.41, 5.74) is 0. The van der Waals surface area contributed by atoms with E-state index in [1.165, 1.54) is 57.8 Å². The van der Waals surface area contributed by atoms with Crippen molar-refractivity contribution in [2.75, 3.05) is 26.4 Å². The SMILES string of the molecule is CCCCC/C=C/C/C=C/CCCCCCCCCC(=O)OC[C@@H](CO[C@@H]1O[C@H](CO[C@@H]2O[C@H](CO)[C@H](O)C(O)C2O)[C@H](O)C(O)C1O)OC(=O)CCCCCCCCC/C=C/C/C=C/CCCCC. The summed E-state index contributed by atoms with van der Waals surface area (Å²) in [7, 11) is 0. The summed E-state index contributed by atoms with van der Waals surface area (Å²) in [5.74, 6) is -0.942. The predicted molar refractivity (Wildman–Crippen MR) is 270 cm³/mol. The van der Waals surface area contributed by atoms with Gasteiger partial charge in [-0.15, -0.1) is 0 Å². The third kappa shape index (κ3) is 29.2. The summed E-state index contributed by atoms with van der Waals surface area (Å²) in [6.45, 7) is 2.53. The third-order valence-corrected chi connectivity index (χ3v) is 12.8. The van der Waals surface area contributed by atoms with E-state index >= 15 is 0 Å². The molecule has 2 fully saturated rings. The van der Waals surface area contributed by atoms with Crippen molar-refractivity contribution in [1.82, 2.24) is 0 Å². The second kappa shape index (κ2) is 41.9. The largest absolute Gasteiger partial charge is 0.462 e. The Morgan fingerprint density at radius 1 is 0.457 bits per heavy atom. The Bertz CT molecular complexity index is 1400. The molecule has 0 radical (unpaired) electrons. The zero-order valence-corrected chi connectivity index (χ0v) is 43.0. The molecular formula is C55H96O15. The summed E-state index contributed by atoms with van der Waals surface area (Å²) in [6.07, 6.45) is 29.8. The number of hydrogen-bond acceptors (Lipinski definition) is 15. The lowest BCUT2D eigenvalue weighted by Crippen LogP contribution is -2.61. The van der Waals surface area contributed by atoms with Crippen molar-refractivity contribution >= 4 is 11.9 Å². The molecule has 2 aliphatic heterocycles. The molecule has 15 nitrogen and oxygen atoms in total. The highest BCUT2D eigenvalue weighted by atomic mass is 16.7. The molecule has 0 bridgehead atoms. The molecule has 70 heavy (non-hydrogen) atoms. The van der Waals surface area contributed by atoms with Crippen molar-refractivity contribution in [3.63, 3.8) is 0 Å². The highest BCUT2D eigenvalue weighted by Crippen LogP contribution is 2.26. The predicted octanol–water partition coefficient (Wildman–Crippen LogP) is 8.27. The molecule has 0 amide bonds. The van der Waals surface area contributed by atoms with Gasteiger partial charge in [-0.3, -0.25) is 9.59 Å². The van der Waals surface area contributed by atoms with Gasteiger partial charge in [-0.2, -0.15) is 0 Å². The lowest BCUT2D eigenvalue weighted by atomic mass is 9.98. The Kier molecular flexibility index (Phi) is 38.0. The average molecular weight is 997 g/mol. The van der Waals surface area contributed by atoms with Crippen molar-refractivity contribution in [2.24, 2.45) is 0 Å². The van der Waals surface area contributed by atoms with E-state index in [0.29, 0.717) is 12.8 Å². The summed E-state index contributed by atoms with van der Waals surface area (Å²) >= 11 is 0. The summed E-state index contributed by atoms with van der Waals surface area (Å²) in [5, 5.41) is 72.2. The molecule has 15 heteroatoms. The second-order valence-electron chi connectivity index (χ2n) is 19.0. The normalized spacial score (nSPS) is 25.7. The van der Waals surface area contributed by atoms with E-state index in [1.54, 1.807) is 0 Å². The maximum absolute atomic E-state index is 13.0. The van der Waals surface area contributed by atoms with Gasteiger partial charge in [0.15, 0.2) is 18.7 Å². The van der Waals surface area contributed by atoms with E-state index in [0.717, 1.165) is 96.3 Å². The van der Waals surface area contributed by atoms with Gasteiger partial charge in [0.25, 0.3) is 0 Å². The number of carbonyl (C=O) groups is 2. The molecule has 0 aliphatic carbocycles. The molecule has 2 heterocycles. The molecule has 0 aromatic rings. The molecule has 4 unspecified atom stereocenters. The lowest BCUT2D eigenvalue weighted by Gasteiger charge is -2.42. The fourth-order valence-corrected chi connectivity index (χ4v) is 8.28. The van der Waals surface area contributed by atoms with E-state index in [9.17, 15) is 45.3 Å². The fourth-order valence-electron chi connectivity index (χ4n) is 8.28. The van der Waals surface area contributed by atoms with Crippen LogP contribution in [-0.4, -0.2) is 142 Å². The topological polar surface area (TPSA) is 231 Å². The van der Waals surface area contributed by atoms with Gasteiger partial charge in [0, 0.05) is 12.8 Å². The van der Waals surface area contributed by atoms with Gasteiger partial charge in [0.05, 0.1) is 19.8 Å². The molecule has 0 aromatic carbocycles. The Labute approximate surface area is 420 Å². The van der Waals surface area contributed by atoms with Crippen LogP contribution in [-0.2, 0) is 38.0 Å². The average Bonchev–Trinajstić information content (AvgIpc) is 3.35. The molecule has 406 valence electrons. The Morgan fingerprint density at radius 2 is 0.857 bits per heavy atom. The number of aliphatic hydroxyl groups excluding tert-OH is 7. The minimum atomic E-state index is -1.77. The molecule has 11 atom stereocenters. The molecule has 0 aromatic heterocycles. The van der Waals surface area contributed by atoms with Gasteiger partial charge < -0.3 is 64.2 Å². The Hall–Kier alpha value is -2.54. The van der Waals surface area contributed by atoms with Crippen molar-refractivity contribution < 1.29 is 73.8 Å². The minimum Gasteiger partial charge on any atom is -0.462 e. The van der Waals surface area contributed by atoms with Crippen LogP contribution < -0.4 is 0 Å². The van der Waals surface area contributed by atoms with Crippen molar-refractivity contribution in [3.05, 3.63) is 48.6 Å². The van der Waals surface area contributed by atoms with Crippen LogP contribution >= 0.6 is 0 Å². The van der Waals surface area contributed by atoms with Crippen LogP contribution in [0, 0.1) is 0 Å². The molecule has 0 saturated carbocycles. The third-order valence-electron chi connectivity index (χ3n) is 12.8. The van der Waals surface area contributed by atoms with Gasteiger partial charge in [0.1, 0.15) is 55.4 Å². The number of esters is 2. The Balaban J connectivity index is 1.79. The van der Waals surface area contributed by atoms with Crippen molar-refractivity contribution in [3.8, 4) is 0 Å². The quantitative estimate of drug-likeness (QED) is 0.0173. The summed E-state index contributed by atoms with van der Waals surface area (Å²) in [6, 6.07) is 0. The first-order valence-electron chi connectivity index (χ1n) is 27.2. The zero-order valence-electron chi connectivity index (χ0n) is 43.0. The maximum Gasteiger partial charge on any atom is 0.306 e. The molecule has 2 rings (SSSR count). The van der Waals surface area contributed by atoms with E-state index in [-0.39, 0.29) is 26.1 Å². The van der Waals surface area contributed by atoms with Crippen molar-refractivity contribution in [1.29, 1.82) is 0 Å². The van der Waals surface area contributed by atoms with Crippen LogP contribution in [0.4, 0.5) is 0 Å². The smallest absolute Gasteiger partial charge is 0.306 e. The second-order valence-corrected chi connectivity index (χ2v) is 19.0. The minimum absolute atomic E-state index is 0.153. The van der Waals surface area contributed by atoms with Gasteiger partial charge in [-0.05, 0) is 77.0 Å². The first-order chi connectivity index (χ1) is 34.0. The van der Waals surface area contributed by atoms with Crippen LogP contribution in [0.15, 0.2) is 48.6 Å². The number of carbonyl (C=O) groups excluding carboxylic acids is 2. The number of allylic oxidation sites excluding steroid dienone is 8. The highest BCUT2D eigenvalue weighted by molar-refractivity contribution is 5.70. The van der Waals surface area contributed by atoms with Gasteiger partial charge >= 0.3 is 11.9 Å². The number of rotatable bonds is 42. The first-order valence-corrected chi connectivity index (χ1v) is 27.2. The van der Waals surface area contributed by atoms with Gasteiger partial charge in [-0.25, -0.2) is 0 Å².